The number of hydrogen-bond donors (Lipinski definition) is 0. The first-order chi connectivity index (χ1) is 14.2. The zero-order valence-corrected chi connectivity index (χ0v) is 17.3. The number of nitrogens with zero attached hydrogens (tertiary/aromatic N) is 2. The molecule has 1 aromatic rings. The van der Waals surface area contributed by atoms with Gasteiger partial charge in [-0.05, 0) is 31.9 Å². The fourth-order valence-corrected chi connectivity index (χ4v) is 4.92. The summed E-state index contributed by atoms with van der Waals surface area (Å²) in [7, 11) is 0. The van der Waals surface area contributed by atoms with Gasteiger partial charge in [-0.25, -0.2) is 0 Å². The SMILES string of the molecule is CCOc1ccccc1OC1CCN(C(=O)C2CC(=O)N(C3CCCC3)C2)CC1. The van der Waals surface area contributed by atoms with Crippen LogP contribution in [0.15, 0.2) is 24.3 Å². The van der Waals surface area contributed by atoms with Gasteiger partial charge >= 0.3 is 0 Å². The molecule has 1 aliphatic carbocycles. The number of likely N-dealkylation sites (tertiary alicyclic amines) is 2. The molecule has 2 aliphatic heterocycles. The van der Waals surface area contributed by atoms with Gasteiger partial charge in [0.15, 0.2) is 11.5 Å². The minimum Gasteiger partial charge on any atom is -0.490 e. The van der Waals surface area contributed by atoms with Crippen molar-refractivity contribution >= 4 is 11.8 Å². The quantitative estimate of drug-likeness (QED) is 0.736. The van der Waals surface area contributed by atoms with Gasteiger partial charge in [-0.15, -0.1) is 0 Å². The van der Waals surface area contributed by atoms with Crippen molar-refractivity contribution in [3.8, 4) is 11.5 Å². The Morgan fingerprint density at radius 3 is 2.45 bits per heavy atom. The minimum atomic E-state index is -0.167. The largest absolute Gasteiger partial charge is 0.490 e. The molecule has 3 aliphatic rings. The maximum Gasteiger partial charge on any atom is 0.227 e. The van der Waals surface area contributed by atoms with Crippen LogP contribution in [0.5, 0.6) is 11.5 Å². The van der Waals surface area contributed by atoms with Gasteiger partial charge in [-0.2, -0.15) is 0 Å². The van der Waals surface area contributed by atoms with Gasteiger partial charge in [-0.1, -0.05) is 25.0 Å². The summed E-state index contributed by atoms with van der Waals surface area (Å²) in [6, 6.07) is 8.11. The average molecular weight is 401 g/mol. The number of para-hydroxylation sites is 2. The van der Waals surface area contributed by atoms with Crippen molar-refractivity contribution in [2.24, 2.45) is 5.92 Å². The van der Waals surface area contributed by atoms with Gasteiger partial charge in [0.05, 0.1) is 12.5 Å². The number of amides is 2. The van der Waals surface area contributed by atoms with Crippen molar-refractivity contribution < 1.29 is 19.1 Å². The lowest BCUT2D eigenvalue weighted by Crippen LogP contribution is -2.45. The van der Waals surface area contributed by atoms with Crippen LogP contribution in [0.2, 0.25) is 0 Å². The maximum absolute atomic E-state index is 13.0. The second-order valence-corrected chi connectivity index (χ2v) is 8.41. The van der Waals surface area contributed by atoms with Crippen molar-refractivity contribution in [3.05, 3.63) is 24.3 Å². The van der Waals surface area contributed by atoms with Crippen LogP contribution in [0.1, 0.15) is 51.9 Å². The van der Waals surface area contributed by atoms with E-state index in [1.54, 1.807) is 0 Å². The summed E-state index contributed by atoms with van der Waals surface area (Å²) in [6.45, 7) is 4.55. The predicted octanol–water partition coefficient (Wildman–Crippen LogP) is 3.25. The van der Waals surface area contributed by atoms with Crippen LogP contribution in [0.4, 0.5) is 0 Å². The second-order valence-electron chi connectivity index (χ2n) is 8.41. The predicted molar refractivity (Wildman–Crippen MR) is 110 cm³/mol. The molecular formula is C23H32N2O4. The monoisotopic (exact) mass is 400 g/mol. The lowest BCUT2D eigenvalue weighted by molar-refractivity contribution is -0.137. The summed E-state index contributed by atoms with van der Waals surface area (Å²) in [6.07, 6.45) is 6.67. The molecule has 29 heavy (non-hydrogen) atoms. The van der Waals surface area contributed by atoms with E-state index in [1.807, 2.05) is 41.0 Å². The molecule has 6 nitrogen and oxygen atoms in total. The van der Waals surface area contributed by atoms with Gasteiger partial charge in [0.2, 0.25) is 11.8 Å². The molecule has 1 unspecified atom stereocenters. The number of ether oxygens (including phenoxy) is 2. The molecule has 0 radical (unpaired) electrons. The molecule has 0 aromatic heterocycles. The average Bonchev–Trinajstić information content (AvgIpc) is 3.39. The number of benzene rings is 1. The number of carbonyl (C=O) groups excluding carboxylic acids is 2. The summed E-state index contributed by atoms with van der Waals surface area (Å²) < 4.78 is 11.8. The van der Waals surface area contributed by atoms with Crippen LogP contribution in [-0.4, -0.2) is 60.0 Å². The molecule has 6 heteroatoms. The molecule has 2 saturated heterocycles. The van der Waals surface area contributed by atoms with Gasteiger partial charge in [0.25, 0.3) is 0 Å². The molecule has 0 N–H and O–H groups in total. The van der Waals surface area contributed by atoms with E-state index in [2.05, 4.69) is 0 Å². The zero-order chi connectivity index (χ0) is 20.2. The van der Waals surface area contributed by atoms with E-state index >= 15 is 0 Å². The summed E-state index contributed by atoms with van der Waals surface area (Å²) in [4.78, 5) is 29.3. The highest BCUT2D eigenvalue weighted by atomic mass is 16.5. The Kier molecular flexibility index (Phi) is 6.26. The summed E-state index contributed by atoms with van der Waals surface area (Å²) >= 11 is 0. The highest BCUT2D eigenvalue weighted by Crippen LogP contribution is 2.32. The Bertz CT molecular complexity index is 723. The molecule has 1 atom stereocenters. The molecule has 1 saturated carbocycles. The van der Waals surface area contributed by atoms with E-state index in [0.717, 1.165) is 37.2 Å². The third-order valence-corrected chi connectivity index (χ3v) is 6.47. The van der Waals surface area contributed by atoms with E-state index in [1.165, 1.54) is 12.8 Å². The van der Waals surface area contributed by atoms with Gasteiger partial charge in [-0.3, -0.25) is 9.59 Å². The second kappa shape index (κ2) is 9.06. The van der Waals surface area contributed by atoms with Crippen LogP contribution in [0.25, 0.3) is 0 Å². The first kappa shape index (κ1) is 20.0. The Hall–Kier alpha value is -2.24. The van der Waals surface area contributed by atoms with Crippen molar-refractivity contribution in [3.63, 3.8) is 0 Å². The number of hydrogen-bond acceptors (Lipinski definition) is 4. The van der Waals surface area contributed by atoms with Crippen LogP contribution < -0.4 is 9.47 Å². The Balaban J connectivity index is 1.28. The smallest absolute Gasteiger partial charge is 0.227 e. The van der Waals surface area contributed by atoms with Crippen molar-refractivity contribution in [1.29, 1.82) is 0 Å². The van der Waals surface area contributed by atoms with Crippen LogP contribution in [-0.2, 0) is 9.59 Å². The molecule has 0 bridgehead atoms. The van der Waals surface area contributed by atoms with Crippen molar-refractivity contribution in [2.45, 2.75) is 64.0 Å². The molecule has 2 amide bonds. The molecular weight excluding hydrogens is 368 g/mol. The van der Waals surface area contributed by atoms with E-state index in [-0.39, 0.29) is 23.8 Å². The lowest BCUT2D eigenvalue weighted by atomic mass is 10.0. The van der Waals surface area contributed by atoms with Gasteiger partial charge in [0.1, 0.15) is 6.10 Å². The highest BCUT2D eigenvalue weighted by molar-refractivity contribution is 5.89. The van der Waals surface area contributed by atoms with Crippen molar-refractivity contribution in [1.82, 2.24) is 9.80 Å². The fourth-order valence-electron chi connectivity index (χ4n) is 4.92. The highest BCUT2D eigenvalue weighted by Gasteiger charge is 2.40. The maximum atomic E-state index is 13.0. The first-order valence-electron chi connectivity index (χ1n) is 11.1. The number of piperidine rings is 1. The van der Waals surface area contributed by atoms with E-state index in [0.29, 0.717) is 38.7 Å². The standard InChI is InChI=1S/C23H32N2O4/c1-2-28-20-9-5-6-10-21(20)29-19-11-13-24(14-12-19)23(27)17-15-22(26)25(16-17)18-7-3-4-8-18/h5-6,9-10,17-19H,2-4,7-8,11-16H2,1H3. The zero-order valence-electron chi connectivity index (χ0n) is 17.3. The minimum absolute atomic E-state index is 0.0841. The van der Waals surface area contributed by atoms with Crippen LogP contribution in [0.3, 0.4) is 0 Å². The fraction of sp³-hybridized carbons (Fsp3) is 0.652. The van der Waals surface area contributed by atoms with Crippen LogP contribution >= 0.6 is 0 Å². The first-order valence-corrected chi connectivity index (χ1v) is 11.1. The Morgan fingerprint density at radius 1 is 1.07 bits per heavy atom. The molecule has 4 rings (SSSR count). The van der Waals surface area contributed by atoms with Gasteiger partial charge < -0.3 is 19.3 Å². The topological polar surface area (TPSA) is 59.1 Å². The molecule has 158 valence electrons. The Labute approximate surface area is 173 Å². The van der Waals surface area contributed by atoms with E-state index in [4.69, 9.17) is 9.47 Å². The number of carbonyl (C=O) groups is 2. The summed E-state index contributed by atoms with van der Waals surface area (Å²) in [5.74, 6) is 1.69. The third kappa shape index (κ3) is 4.51. The van der Waals surface area contributed by atoms with Gasteiger partial charge in [0, 0.05) is 44.9 Å². The van der Waals surface area contributed by atoms with E-state index < -0.39 is 0 Å². The summed E-state index contributed by atoms with van der Waals surface area (Å²) in [5, 5.41) is 0. The molecule has 3 fully saturated rings. The molecule has 0 spiro atoms. The molecule has 2 heterocycles. The normalized spacial score (nSPS) is 23.6. The lowest BCUT2D eigenvalue weighted by Gasteiger charge is -2.34. The third-order valence-electron chi connectivity index (χ3n) is 6.47. The van der Waals surface area contributed by atoms with Crippen LogP contribution in [0, 0.1) is 5.92 Å². The van der Waals surface area contributed by atoms with Crippen molar-refractivity contribution in [2.75, 3.05) is 26.2 Å². The number of rotatable bonds is 6. The Morgan fingerprint density at radius 2 is 1.76 bits per heavy atom. The van der Waals surface area contributed by atoms with E-state index in [9.17, 15) is 9.59 Å². The summed E-state index contributed by atoms with van der Waals surface area (Å²) in [5.41, 5.74) is 0. The molecule has 1 aromatic carbocycles.